The van der Waals surface area contributed by atoms with Crippen molar-refractivity contribution in [1.82, 2.24) is 15.6 Å². The van der Waals surface area contributed by atoms with Crippen LogP contribution in [0.25, 0.3) is 0 Å². The number of hydrogen-bond acceptors (Lipinski definition) is 4. The molecule has 164 valence electrons. The van der Waals surface area contributed by atoms with Crippen molar-refractivity contribution in [2.24, 2.45) is 4.99 Å². The van der Waals surface area contributed by atoms with Gasteiger partial charge in [-0.2, -0.15) is 0 Å². The monoisotopic (exact) mass is 527 g/mol. The number of benzene rings is 1. The molecule has 0 radical (unpaired) electrons. The summed E-state index contributed by atoms with van der Waals surface area (Å²) in [6.45, 7) is 7.64. The van der Waals surface area contributed by atoms with Gasteiger partial charge in [-0.05, 0) is 56.5 Å². The molecule has 1 aliphatic heterocycles. The van der Waals surface area contributed by atoms with Crippen molar-refractivity contribution >= 4 is 35.8 Å². The summed E-state index contributed by atoms with van der Waals surface area (Å²) in [5.41, 5.74) is 1.20. The number of halogens is 2. The summed E-state index contributed by atoms with van der Waals surface area (Å²) < 4.78 is 19.5. The molecule has 8 heteroatoms. The summed E-state index contributed by atoms with van der Waals surface area (Å²) in [4.78, 5) is 10.9. The Morgan fingerprint density at radius 1 is 1.30 bits per heavy atom. The van der Waals surface area contributed by atoms with E-state index in [0.717, 1.165) is 37.6 Å². The predicted octanol–water partition coefficient (Wildman–Crippen LogP) is 3.61. The average molecular weight is 527 g/mol. The number of anilines is 1. The van der Waals surface area contributed by atoms with E-state index in [4.69, 9.17) is 9.73 Å². The number of nitrogens with one attached hydrogen (secondary N) is 2. The normalized spacial score (nSPS) is 16.2. The van der Waals surface area contributed by atoms with Crippen LogP contribution in [0.4, 0.5) is 10.2 Å². The first-order valence-electron chi connectivity index (χ1n) is 10.3. The molecule has 2 aromatic rings. The third-order valence-electron chi connectivity index (χ3n) is 4.79. The second-order valence-corrected chi connectivity index (χ2v) is 6.98. The first-order chi connectivity index (χ1) is 14.2. The molecule has 1 aliphatic rings. The van der Waals surface area contributed by atoms with Gasteiger partial charge >= 0.3 is 0 Å². The summed E-state index contributed by atoms with van der Waals surface area (Å²) in [6, 6.07) is 11.4. The molecule has 0 bridgehead atoms. The van der Waals surface area contributed by atoms with Gasteiger partial charge in [-0.3, -0.25) is 4.99 Å². The van der Waals surface area contributed by atoms with Gasteiger partial charge in [0.15, 0.2) is 17.6 Å². The van der Waals surface area contributed by atoms with E-state index >= 15 is 0 Å². The van der Waals surface area contributed by atoms with Crippen LogP contribution in [-0.4, -0.2) is 49.8 Å². The average Bonchev–Trinajstić information content (AvgIpc) is 3.17. The van der Waals surface area contributed by atoms with Crippen LogP contribution in [0.1, 0.15) is 25.8 Å². The van der Waals surface area contributed by atoms with Crippen LogP contribution in [0, 0.1) is 5.82 Å². The van der Waals surface area contributed by atoms with Gasteiger partial charge in [0.1, 0.15) is 5.75 Å². The van der Waals surface area contributed by atoms with Crippen molar-refractivity contribution in [3.8, 4) is 5.75 Å². The van der Waals surface area contributed by atoms with E-state index in [1.807, 2.05) is 30.9 Å². The fourth-order valence-electron chi connectivity index (χ4n) is 3.45. The molecule has 0 aliphatic carbocycles. The minimum Gasteiger partial charge on any atom is -0.494 e. The predicted molar refractivity (Wildman–Crippen MR) is 131 cm³/mol. The van der Waals surface area contributed by atoms with Crippen LogP contribution in [0.5, 0.6) is 5.75 Å². The Hall–Kier alpha value is -2.10. The highest BCUT2D eigenvalue weighted by molar-refractivity contribution is 14.0. The topological polar surface area (TPSA) is 61.8 Å². The zero-order valence-corrected chi connectivity index (χ0v) is 19.9. The minimum atomic E-state index is -0.275. The molecular weight excluding hydrogens is 496 g/mol. The molecule has 6 nitrogen and oxygen atoms in total. The van der Waals surface area contributed by atoms with Crippen LogP contribution < -0.4 is 20.3 Å². The summed E-state index contributed by atoms with van der Waals surface area (Å²) in [6.07, 6.45) is 3.38. The van der Waals surface area contributed by atoms with Crippen molar-refractivity contribution in [2.45, 2.75) is 32.7 Å². The fraction of sp³-hybridized carbons (Fsp3) is 0.455. The van der Waals surface area contributed by atoms with Crippen LogP contribution in [0.3, 0.4) is 0 Å². The molecule has 0 amide bonds. The Kier molecular flexibility index (Phi) is 10.1. The zero-order valence-electron chi connectivity index (χ0n) is 17.6. The highest BCUT2D eigenvalue weighted by atomic mass is 127. The third kappa shape index (κ3) is 7.00. The van der Waals surface area contributed by atoms with E-state index in [1.54, 1.807) is 12.3 Å². The van der Waals surface area contributed by atoms with E-state index in [0.29, 0.717) is 25.5 Å². The molecule has 30 heavy (non-hydrogen) atoms. The number of aromatic nitrogens is 1. The van der Waals surface area contributed by atoms with Gasteiger partial charge in [-0.15, -0.1) is 24.0 Å². The number of rotatable bonds is 8. The van der Waals surface area contributed by atoms with Gasteiger partial charge in [0.2, 0.25) is 0 Å². The zero-order chi connectivity index (χ0) is 20.5. The lowest BCUT2D eigenvalue weighted by atomic mass is 10.1. The summed E-state index contributed by atoms with van der Waals surface area (Å²) in [7, 11) is 0. The summed E-state index contributed by atoms with van der Waals surface area (Å²) in [5, 5.41) is 6.78. The van der Waals surface area contributed by atoms with Crippen molar-refractivity contribution in [3.05, 3.63) is 54.0 Å². The van der Waals surface area contributed by atoms with Crippen molar-refractivity contribution in [1.29, 1.82) is 0 Å². The molecule has 1 aromatic heterocycles. The molecule has 0 spiro atoms. The van der Waals surface area contributed by atoms with E-state index in [9.17, 15) is 4.39 Å². The maximum atomic E-state index is 14.0. The van der Waals surface area contributed by atoms with Gasteiger partial charge in [0.25, 0.3) is 0 Å². The third-order valence-corrected chi connectivity index (χ3v) is 4.79. The van der Waals surface area contributed by atoms with Crippen LogP contribution in [0.15, 0.2) is 47.6 Å². The molecule has 1 atom stereocenters. The van der Waals surface area contributed by atoms with Gasteiger partial charge in [0, 0.05) is 38.4 Å². The summed E-state index contributed by atoms with van der Waals surface area (Å²) in [5.74, 6) is 1.84. The number of nitrogens with zero attached hydrogens (tertiary/aromatic N) is 3. The number of pyridine rings is 1. The fourth-order valence-corrected chi connectivity index (χ4v) is 3.45. The van der Waals surface area contributed by atoms with Crippen LogP contribution in [-0.2, 0) is 6.42 Å². The quantitative estimate of drug-likeness (QED) is 0.312. The molecule has 2 N–H and O–H groups in total. The SMILES string of the molecule is CCNC(=NCCc1cccc(OCC)c1)NC1CCN(c2ncccc2F)C1.I. The second-order valence-electron chi connectivity index (χ2n) is 6.98. The van der Waals surface area contributed by atoms with Crippen molar-refractivity contribution in [2.75, 3.05) is 37.7 Å². The number of hydrogen-bond donors (Lipinski definition) is 2. The Bertz CT molecular complexity index is 820. The van der Waals surface area contributed by atoms with Gasteiger partial charge < -0.3 is 20.3 Å². The number of ether oxygens (including phenoxy) is 1. The molecule has 1 aromatic carbocycles. The van der Waals surface area contributed by atoms with Gasteiger partial charge in [-0.1, -0.05) is 12.1 Å². The van der Waals surface area contributed by atoms with Crippen molar-refractivity contribution < 1.29 is 9.13 Å². The molecule has 1 saturated heterocycles. The standard InChI is InChI=1S/C22H30FN5O.HI/c1-3-24-22(26-13-10-17-7-5-8-19(15-17)29-4-2)27-18-11-14-28(16-18)21-20(23)9-6-12-25-21;/h5-9,12,15,18H,3-4,10-11,13-14,16H2,1-2H3,(H2,24,26,27);1H. The number of aliphatic imine (C=N–C) groups is 1. The highest BCUT2D eigenvalue weighted by Gasteiger charge is 2.25. The molecule has 0 saturated carbocycles. The molecule has 1 fully saturated rings. The molecule has 3 rings (SSSR count). The highest BCUT2D eigenvalue weighted by Crippen LogP contribution is 2.20. The van der Waals surface area contributed by atoms with Crippen LogP contribution >= 0.6 is 24.0 Å². The lowest BCUT2D eigenvalue weighted by Crippen LogP contribution is -2.44. The van der Waals surface area contributed by atoms with Crippen molar-refractivity contribution in [3.63, 3.8) is 0 Å². The Morgan fingerprint density at radius 2 is 2.17 bits per heavy atom. The van der Waals surface area contributed by atoms with E-state index in [-0.39, 0.29) is 35.8 Å². The van der Waals surface area contributed by atoms with E-state index in [1.165, 1.54) is 11.6 Å². The largest absolute Gasteiger partial charge is 0.494 e. The van der Waals surface area contributed by atoms with E-state index < -0.39 is 0 Å². The van der Waals surface area contributed by atoms with E-state index in [2.05, 4.69) is 27.8 Å². The molecular formula is C22H31FIN5O. The maximum Gasteiger partial charge on any atom is 0.191 e. The van der Waals surface area contributed by atoms with Crippen LogP contribution in [0.2, 0.25) is 0 Å². The molecule has 1 unspecified atom stereocenters. The van der Waals surface area contributed by atoms with Gasteiger partial charge in [-0.25, -0.2) is 9.37 Å². The first kappa shape index (κ1) is 24.2. The minimum absolute atomic E-state index is 0. The second kappa shape index (κ2) is 12.6. The Balaban J connectivity index is 0.00000320. The Morgan fingerprint density at radius 3 is 2.93 bits per heavy atom. The number of guanidine groups is 1. The Labute approximate surface area is 195 Å². The maximum absolute atomic E-state index is 14.0. The first-order valence-corrected chi connectivity index (χ1v) is 10.3. The van der Waals surface area contributed by atoms with Gasteiger partial charge in [0.05, 0.1) is 6.61 Å². The smallest absolute Gasteiger partial charge is 0.191 e. The lowest BCUT2D eigenvalue weighted by Gasteiger charge is -2.20. The summed E-state index contributed by atoms with van der Waals surface area (Å²) >= 11 is 0. The lowest BCUT2D eigenvalue weighted by molar-refractivity contribution is 0.340. The molecule has 2 heterocycles.